The van der Waals surface area contributed by atoms with Gasteiger partial charge in [-0.05, 0) is 57.0 Å². The number of hydrogen-bond donors (Lipinski definition) is 4. The highest BCUT2D eigenvalue weighted by Gasteiger charge is 2.65. The molecule has 1 aromatic rings. The van der Waals surface area contributed by atoms with Crippen LogP contribution < -0.4 is 21.2 Å². The summed E-state index contributed by atoms with van der Waals surface area (Å²) in [6.07, 6.45) is 6.75. The second-order valence-corrected chi connectivity index (χ2v) is 9.24. The fourth-order valence-corrected chi connectivity index (χ4v) is 5.96. The minimum Gasteiger partial charge on any atom is -0.481 e. The van der Waals surface area contributed by atoms with Gasteiger partial charge in [-0.2, -0.15) is 0 Å². The highest BCUT2D eigenvalue weighted by Crippen LogP contribution is 2.62. The summed E-state index contributed by atoms with van der Waals surface area (Å²) in [5.74, 6) is 8.71. The summed E-state index contributed by atoms with van der Waals surface area (Å²) in [7, 11) is 2.17. The van der Waals surface area contributed by atoms with E-state index in [0.29, 0.717) is 17.5 Å². The van der Waals surface area contributed by atoms with Crippen molar-refractivity contribution in [2.24, 2.45) is 17.6 Å². The van der Waals surface area contributed by atoms with Crippen LogP contribution >= 0.6 is 0 Å². The van der Waals surface area contributed by atoms with Gasteiger partial charge in [0.15, 0.2) is 17.6 Å². The maximum absolute atomic E-state index is 11.7. The van der Waals surface area contributed by atoms with Crippen LogP contribution in [0, 0.1) is 5.92 Å². The second-order valence-electron chi connectivity index (χ2n) is 9.24. The van der Waals surface area contributed by atoms with Crippen LogP contribution in [0.5, 0.6) is 11.5 Å². The number of aliphatic hydroxyl groups excluding tert-OH is 2. The number of carbonyl (C=O) groups excluding carboxylic acids is 2. The number of likely N-dealkylation sites (N-methyl/N-ethyl adjacent to an activating group) is 1. The zero-order valence-electron chi connectivity index (χ0n) is 20.6. The van der Waals surface area contributed by atoms with E-state index in [4.69, 9.17) is 24.4 Å². The molecule has 0 radical (unpaired) electrons. The third-order valence-electron chi connectivity index (χ3n) is 7.24. The number of rotatable bonds is 5. The molecular formula is C25H37N3O7. The summed E-state index contributed by atoms with van der Waals surface area (Å²) in [6.45, 7) is 4.16. The van der Waals surface area contributed by atoms with Gasteiger partial charge >= 0.3 is 11.9 Å². The van der Waals surface area contributed by atoms with Crippen LogP contribution in [0.1, 0.15) is 44.2 Å². The number of ether oxygens (including phenoxy) is 3. The molecule has 2 heterocycles. The number of nitrogens with two attached hydrogens (primary N) is 2. The molecule has 6 N–H and O–H groups in total. The lowest BCUT2D eigenvalue weighted by atomic mass is 9.53. The van der Waals surface area contributed by atoms with Crippen LogP contribution in [-0.2, 0) is 26.2 Å². The Morgan fingerprint density at radius 2 is 1.83 bits per heavy atom. The lowest BCUT2D eigenvalue weighted by Gasteiger charge is -2.56. The molecule has 0 amide bonds. The fourth-order valence-electron chi connectivity index (χ4n) is 5.96. The zero-order chi connectivity index (χ0) is 25.8. The largest absolute Gasteiger partial charge is 0.481 e. The Hall–Kier alpha value is -2.50. The first-order valence-corrected chi connectivity index (χ1v) is 12.0. The zero-order valence-corrected chi connectivity index (χ0v) is 20.6. The van der Waals surface area contributed by atoms with Crippen LogP contribution in [0.4, 0.5) is 0 Å². The van der Waals surface area contributed by atoms with Gasteiger partial charge in [-0.15, -0.1) is 0 Å². The first-order valence-electron chi connectivity index (χ1n) is 12.0. The Morgan fingerprint density at radius 3 is 2.43 bits per heavy atom. The molecule has 0 aromatic heterocycles. The molecule has 2 aliphatic heterocycles. The minimum absolute atomic E-state index is 0.195. The highest BCUT2D eigenvalue weighted by molar-refractivity contribution is 5.73. The number of likely N-dealkylation sites (tertiary alicyclic amines) is 1. The molecule has 0 saturated carbocycles. The van der Waals surface area contributed by atoms with Gasteiger partial charge in [0.05, 0.1) is 0 Å². The van der Waals surface area contributed by atoms with Crippen LogP contribution in [0.3, 0.4) is 0 Å². The summed E-state index contributed by atoms with van der Waals surface area (Å²) in [6, 6.07) is 4.28. The number of hydrogen-bond acceptors (Lipinski definition) is 10. The number of esters is 2. The van der Waals surface area contributed by atoms with Crippen molar-refractivity contribution in [3.05, 3.63) is 35.4 Å². The third-order valence-corrected chi connectivity index (χ3v) is 7.24. The highest BCUT2D eigenvalue weighted by atomic mass is 16.6. The van der Waals surface area contributed by atoms with Crippen molar-refractivity contribution < 1.29 is 34.0 Å². The van der Waals surface area contributed by atoms with Gasteiger partial charge in [-0.3, -0.25) is 21.3 Å². The standard InChI is InChI=1S/C21H23NO5.C4H10O2.H4N2/c1-11(23)25-16-6-4-13-10-15-14-5-7-17(26-12(2)24)20-21(14,8-9-22(15)3)18(13)19(16)27-20;5-3-1-2-4-6;1-2/h4-7,14-15,17,20H,8-10H2,1-3H3;5-6H,1-4H2;1-2H2/t14-,15+,17-,20-,21-;;/m0../s1. The van der Waals surface area contributed by atoms with E-state index in [1.54, 1.807) is 0 Å². The van der Waals surface area contributed by atoms with Crippen molar-refractivity contribution >= 4 is 11.9 Å². The minimum atomic E-state index is -0.439. The van der Waals surface area contributed by atoms with Crippen molar-refractivity contribution in [2.75, 3.05) is 26.8 Å². The normalized spacial score (nSPS) is 28.9. The molecule has 1 aromatic carbocycles. The van der Waals surface area contributed by atoms with Crippen molar-refractivity contribution in [2.45, 2.75) is 63.2 Å². The summed E-state index contributed by atoms with van der Waals surface area (Å²) in [4.78, 5) is 25.7. The number of hydrazine groups is 1. The van der Waals surface area contributed by atoms with Crippen molar-refractivity contribution in [1.82, 2.24) is 4.90 Å². The number of carbonyl (C=O) groups is 2. The monoisotopic (exact) mass is 491 g/mol. The SMILES string of the molecule is CC(=O)Oc1ccc2c3c1O[C@H]1[C@@H](OC(C)=O)C=C[C@H]4[C@@H](C2)N(C)CC[C@@]341.NN.OCCCCO. The van der Waals surface area contributed by atoms with Crippen molar-refractivity contribution in [3.63, 3.8) is 0 Å². The Balaban J connectivity index is 0.000000377. The van der Waals surface area contributed by atoms with E-state index < -0.39 is 6.10 Å². The molecule has 1 fully saturated rings. The predicted octanol–water partition coefficient (Wildman–Crippen LogP) is 0.559. The van der Waals surface area contributed by atoms with Gasteiger partial charge in [0.2, 0.25) is 0 Å². The maximum Gasteiger partial charge on any atom is 0.308 e. The first kappa shape index (κ1) is 27.1. The van der Waals surface area contributed by atoms with Crippen LogP contribution in [0.25, 0.3) is 0 Å². The molecule has 5 rings (SSSR count). The predicted molar refractivity (Wildman–Crippen MR) is 129 cm³/mol. The first-order chi connectivity index (χ1) is 16.8. The quantitative estimate of drug-likeness (QED) is 0.115. The van der Waals surface area contributed by atoms with E-state index in [0.717, 1.165) is 37.8 Å². The number of nitrogens with zero attached hydrogens (tertiary/aromatic N) is 1. The van der Waals surface area contributed by atoms with Gasteiger partial charge in [0, 0.05) is 50.0 Å². The fraction of sp³-hybridized carbons (Fsp3) is 0.600. The lowest BCUT2D eigenvalue weighted by Crippen LogP contribution is -2.65. The van der Waals surface area contributed by atoms with Gasteiger partial charge in [0.25, 0.3) is 0 Å². The number of piperidine rings is 1. The Labute approximate surface area is 205 Å². The van der Waals surface area contributed by atoms with E-state index in [2.05, 4.69) is 35.8 Å². The number of unbranched alkanes of at least 4 members (excludes halogenated alkanes) is 1. The smallest absolute Gasteiger partial charge is 0.308 e. The van der Waals surface area contributed by atoms with E-state index >= 15 is 0 Å². The van der Waals surface area contributed by atoms with E-state index in [1.165, 1.54) is 19.4 Å². The van der Waals surface area contributed by atoms with Gasteiger partial charge in [-0.25, -0.2) is 0 Å². The molecule has 1 saturated heterocycles. The average Bonchev–Trinajstić information content (AvgIpc) is 3.19. The molecule has 10 nitrogen and oxygen atoms in total. The summed E-state index contributed by atoms with van der Waals surface area (Å²) < 4.78 is 17.5. The van der Waals surface area contributed by atoms with Gasteiger partial charge in [-0.1, -0.05) is 12.1 Å². The molecule has 2 aliphatic carbocycles. The molecule has 10 heteroatoms. The average molecular weight is 492 g/mol. The van der Waals surface area contributed by atoms with Crippen molar-refractivity contribution in [1.29, 1.82) is 0 Å². The topological polar surface area (TPSA) is 158 Å². The lowest BCUT2D eigenvalue weighted by molar-refractivity contribution is -0.152. The van der Waals surface area contributed by atoms with E-state index in [1.807, 2.05) is 12.1 Å². The van der Waals surface area contributed by atoms with Crippen LogP contribution in [-0.4, -0.2) is 72.1 Å². The van der Waals surface area contributed by atoms with Gasteiger partial charge in [0.1, 0.15) is 6.10 Å². The van der Waals surface area contributed by atoms with Crippen molar-refractivity contribution in [3.8, 4) is 11.5 Å². The number of aliphatic hydroxyl groups is 2. The third kappa shape index (κ3) is 4.94. The Bertz CT molecular complexity index is 949. The van der Waals surface area contributed by atoms with Crippen LogP contribution in [0.15, 0.2) is 24.3 Å². The van der Waals surface area contributed by atoms with Crippen LogP contribution in [0.2, 0.25) is 0 Å². The summed E-state index contributed by atoms with van der Waals surface area (Å²) in [5.41, 5.74) is 2.15. The molecule has 4 aliphatic rings. The Kier molecular flexibility index (Phi) is 8.89. The Morgan fingerprint density at radius 1 is 1.14 bits per heavy atom. The second kappa shape index (κ2) is 11.5. The molecule has 0 unspecified atom stereocenters. The van der Waals surface area contributed by atoms with E-state index in [9.17, 15) is 9.59 Å². The summed E-state index contributed by atoms with van der Waals surface area (Å²) in [5, 5.41) is 16.2. The molecule has 35 heavy (non-hydrogen) atoms. The molecule has 194 valence electrons. The molecule has 5 atom stereocenters. The number of benzene rings is 1. The maximum atomic E-state index is 11.7. The molecule has 1 spiro atoms. The molecular weight excluding hydrogens is 454 g/mol. The van der Waals surface area contributed by atoms with E-state index in [-0.39, 0.29) is 42.6 Å². The van der Waals surface area contributed by atoms with Gasteiger partial charge < -0.3 is 29.3 Å². The summed E-state index contributed by atoms with van der Waals surface area (Å²) >= 11 is 0. The molecule has 2 bridgehead atoms.